The van der Waals surface area contributed by atoms with Gasteiger partial charge in [-0.05, 0) is 49.1 Å². The van der Waals surface area contributed by atoms with Gasteiger partial charge in [-0.1, -0.05) is 12.1 Å². The fraction of sp³-hybridized carbons (Fsp3) is 0.321. The molecule has 1 unspecified atom stereocenters. The van der Waals surface area contributed by atoms with Crippen LogP contribution in [-0.2, 0) is 17.4 Å². The van der Waals surface area contributed by atoms with E-state index in [1.807, 2.05) is 0 Å². The van der Waals surface area contributed by atoms with Crippen molar-refractivity contribution in [3.05, 3.63) is 83.5 Å². The Bertz CT molecular complexity index is 1540. The van der Waals surface area contributed by atoms with Gasteiger partial charge in [-0.25, -0.2) is 9.37 Å². The number of amides is 2. The molecule has 1 aliphatic heterocycles. The standard InChI is InChI=1S/C28H24F4N4O3/c29-20-3-1-16(2-4-20)17-7-9-35(13-17)27(38)25-23(12-24(37)33-21-5-6-21)36-14-19(18-8-10-39-15-18)11-22(26(36)34-25)28(30,31)32/h1-4,8,10-11,14-15,17,21H,5-7,9,12-13H2,(H,33,37). The minimum absolute atomic E-state index is 0.0399. The van der Waals surface area contributed by atoms with Crippen LogP contribution in [0.2, 0.25) is 0 Å². The second kappa shape index (κ2) is 9.55. The predicted molar refractivity (Wildman–Crippen MR) is 132 cm³/mol. The number of aromatic nitrogens is 2. The number of imidazole rings is 1. The quantitative estimate of drug-likeness (QED) is 0.341. The van der Waals surface area contributed by atoms with Gasteiger partial charge in [-0.15, -0.1) is 0 Å². The van der Waals surface area contributed by atoms with Gasteiger partial charge in [-0.3, -0.25) is 9.59 Å². The molecule has 2 fully saturated rings. The van der Waals surface area contributed by atoms with Crippen molar-refractivity contribution in [2.75, 3.05) is 13.1 Å². The van der Waals surface area contributed by atoms with Crippen LogP contribution in [0.1, 0.15) is 52.5 Å². The molecule has 1 saturated heterocycles. The van der Waals surface area contributed by atoms with E-state index >= 15 is 0 Å². The number of carbonyl (C=O) groups excluding carboxylic acids is 2. The lowest BCUT2D eigenvalue weighted by molar-refractivity contribution is -0.136. The van der Waals surface area contributed by atoms with E-state index in [1.165, 1.54) is 46.2 Å². The summed E-state index contributed by atoms with van der Waals surface area (Å²) in [4.78, 5) is 32.3. The van der Waals surface area contributed by atoms with Gasteiger partial charge < -0.3 is 19.0 Å². The van der Waals surface area contributed by atoms with Crippen molar-refractivity contribution in [3.63, 3.8) is 0 Å². The molecule has 2 aliphatic rings. The van der Waals surface area contributed by atoms with Gasteiger partial charge in [-0.2, -0.15) is 13.2 Å². The van der Waals surface area contributed by atoms with E-state index in [0.717, 1.165) is 24.5 Å². The number of carbonyl (C=O) groups is 2. The number of alkyl halides is 3. The minimum Gasteiger partial charge on any atom is -0.472 e. The average Bonchev–Trinajstić information content (AvgIpc) is 3.30. The molecule has 4 aromatic rings. The zero-order valence-corrected chi connectivity index (χ0v) is 20.7. The Kier molecular flexibility index (Phi) is 6.16. The summed E-state index contributed by atoms with van der Waals surface area (Å²) in [7, 11) is 0. The van der Waals surface area contributed by atoms with Gasteiger partial charge in [0.25, 0.3) is 5.91 Å². The number of pyridine rings is 1. The highest BCUT2D eigenvalue weighted by Gasteiger charge is 2.38. The summed E-state index contributed by atoms with van der Waals surface area (Å²) >= 11 is 0. The van der Waals surface area contributed by atoms with Gasteiger partial charge >= 0.3 is 6.18 Å². The third-order valence-corrected chi connectivity index (χ3v) is 7.27. The van der Waals surface area contributed by atoms with Crippen molar-refractivity contribution in [3.8, 4) is 11.1 Å². The summed E-state index contributed by atoms with van der Waals surface area (Å²) in [6.45, 7) is 0.660. The molecule has 6 rings (SSSR count). The second-order valence-electron chi connectivity index (χ2n) is 10.1. The first-order valence-electron chi connectivity index (χ1n) is 12.7. The number of furan rings is 1. The first-order chi connectivity index (χ1) is 18.7. The fourth-order valence-electron chi connectivity index (χ4n) is 5.09. The molecule has 7 nitrogen and oxygen atoms in total. The van der Waals surface area contributed by atoms with E-state index in [2.05, 4.69) is 10.3 Å². The van der Waals surface area contributed by atoms with Crippen LogP contribution in [0.4, 0.5) is 17.6 Å². The van der Waals surface area contributed by atoms with Crippen LogP contribution in [0.3, 0.4) is 0 Å². The van der Waals surface area contributed by atoms with Crippen LogP contribution in [-0.4, -0.2) is 45.2 Å². The van der Waals surface area contributed by atoms with Crippen molar-refractivity contribution in [1.82, 2.24) is 19.6 Å². The molecule has 1 saturated carbocycles. The molecular formula is C28H24F4N4O3. The topological polar surface area (TPSA) is 79.9 Å². The van der Waals surface area contributed by atoms with Crippen molar-refractivity contribution in [1.29, 1.82) is 0 Å². The highest BCUT2D eigenvalue weighted by atomic mass is 19.4. The summed E-state index contributed by atoms with van der Waals surface area (Å²) in [5, 5.41) is 2.84. The Morgan fingerprint density at radius 2 is 1.85 bits per heavy atom. The monoisotopic (exact) mass is 540 g/mol. The lowest BCUT2D eigenvalue weighted by Gasteiger charge is -2.16. The molecular weight excluding hydrogens is 516 g/mol. The lowest BCUT2D eigenvalue weighted by Crippen LogP contribution is -2.31. The maximum absolute atomic E-state index is 14.2. The number of rotatable bonds is 6. The molecule has 2 amide bonds. The van der Waals surface area contributed by atoms with Gasteiger partial charge in [0, 0.05) is 42.4 Å². The maximum Gasteiger partial charge on any atom is 0.420 e. The SMILES string of the molecule is O=C(Cc1c(C(=O)N2CCC(c3ccc(F)cc3)C2)nc2c(C(F)(F)F)cc(-c3ccoc3)cn12)NC1CC1. The maximum atomic E-state index is 14.2. The number of fused-ring (bicyclic) bond motifs is 1. The van der Waals surface area contributed by atoms with Crippen molar-refractivity contribution in [2.45, 2.75) is 43.8 Å². The Labute approximate surface area is 220 Å². The Morgan fingerprint density at radius 1 is 1.08 bits per heavy atom. The summed E-state index contributed by atoms with van der Waals surface area (Å²) < 4.78 is 62.3. The number of hydrogen-bond donors (Lipinski definition) is 1. The molecule has 1 aromatic carbocycles. The van der Waals surface area contributed by atoms with E-state index in [4.69, 9.17) is 4.42 Å². The van der Waals surface area contributed by atoms with Gasteiger partial charge in [0.2, 0.25) is 5.91 Å². The van der Waals surface area contributed by atoms with Crippen LogP contribution in [0.5, 0.6) is 0 Å². The van der Waals surface area contributed by atoms with Crippen LogP contribution in [0.15, 0.2) is 59.5 Å². The number of nitrogens with one attached hydrogen (secondary N) is 1. The van der Waals surface area contributed by atoms with E-state index < -0.39 is 23.3 Å². The number of halogens is 4. The Hall–Kier alpha value is -4.15. The van der Waals surface area contributed by atoms with Gasteiger partial charge in [0.15, 0.2) is 5.69 Å². The van der Waals surface area contributed by atoms with Crippen molar-refractivity contribution < 1.29 is 31.6 Å². The summed E-state index contributed by atoms with van der Waals surface area (Å²) in [5.74, 6) is -1.35. The largest absolute Gasteiger partial charge is 0.472 e. The Morgan fingerprint density at radius 3 is 2.51 bits per heavy atom. The number of likely N-dealkylation sites (tertiary alicyclic amines) is 1. The molecule has 4 heterocycles. The third-order valence-electron chi connectivity index (χ3n) is 7.27. The van der Waals surface area contributed by atoms with Crippen LogP contribution < -0.4 is 5.32 Å². The minimum atomic E-state index is -4.76. The molecule has 3 aromatic heterocycles. The zero-order chi connectivity index (χ0) is 27.3. The predicted octanol–water partition coefficient (Wildman–Crippen LogP) is 5.20. The smallest absolute Gasteiger partial charge is 0.420 e. The van der Waals surface area contributed by atoms with Crippen LogP contribution >= 0.6 is 0 Å². The fourth-order valence-corrected chi connectivity index (χ4v) is 5.09. The second-order valence-corrected chi connectivity index (χ2v) is 10.1. The van der Waals surface area contributed by atoms with Crippen molar-refractivity contribution in [2.24, 2.45) is 0 Å². The van der Waals surface area contributed by atoms with Crippen molar-refractivity contribution >= 4 is 17.5 Å². The molecule has 0 bridgehead atoms. The number of benzene rings is 1. The normalized spacial score (nSPS) is 17.6. The highest BCUT2D eigenvalue weighted by Crippen LogP contribution is 2.37. The lowest BCUT2D eigenvalue weighted by atomic mass is 9.99. The van der Waals surface area contributed by atoms with Crippen LogP contribution in [0, 0.1) is 5.82 Å². The average molecular weight is 541 g/mol. The summed E-state index contributed by atoms with van der Waals surface area (Å²) in [5.41, 5.74) is -0.0589. The van der Waals surface area contributed by atoms with E-state index in [0.29, 0.717) is 25.1 Å². The molecule has 0 spiro atoms. The van der Waals surface area contributed by atoms with Gasteiger partial charge in [0.1, 0.15) is 11.5 Å². The molecule has 1 aliphatic carbocycles. The number of hydrogen-bond acceptors (Lipinski definition) is 4. The van der Waals surface area contributed by atoms with Gasteiger partial charge in [0.05, 0.1) is 30.2 Å². The molecule has 11 heteroatoms. The molecule has 39 heavy (non-hydrogen) atoms. The first kappa shape index (κ1) is 25.1. The van der Waals surface area contributed by atoms with E-state index in [1.54, 1.807) is 12.1 Å². The van der Waals surface area contributed by atoms with E-state index in [9.17, 15) is 27.2 Å². The summed E-state index contributed by atoms with van der Waals surface area (Å²) in [6.07, 6.45) is 1.35. The molecule has 202 valence electrons. The summed E-state index contributed by atoms with van der Waals surface area (Å²) in [6, 6.07) is 8.58. The first-order valence-corrected chi connectivity index (χ1v) is 12.7. The molecule has 0 radical (unpaired) electrons. The molecule has 1 atom stereocenters. The number of nitrogens with zero attached hydrogens (tertiary/aromatic N) is 3. The van der Waals surface area contributed by atoms with E-state index in [-0.39, 0.29) is 47.1 Å². The molecule has 1 N–H and O–H groups in total. The Balaban J connectivity index is 1.42. The zero-order valence-electron chi connectivity index (χ0n) is 20.7. The third kappa shape index (κ3) is 5.00. The van der Waals surface area contributed by atoms with Crippen LogP contribution in [0.25, 0.3) is 16.8 Å². The highest BCUT2D eigenvalue weighted by molar-refractivity contribution is 5.96.